The molecule has 0 saturated carbocycles. The molecule has 17 heavy (non-hydrogen) atoms. The summed E-state index contributed by atoms with van der Waals surface area (Å²) in [6.07, 6.45) is 3.02. The van der Waals surface area contributed by atoms with Gasteiger partial charge in [-0.05, 0) is 28.8 Å². The molecule has 7 heteroatoms. The van der Waals surface area contributed by atoms with E-state index in [1.807, 2.05) is 0 Å². The maximum Gasteiger partial charge on any atom is 0.326 e. The second-order valence-corrected chi connectivity index (χ2v) is 4.57. The van der Waals surface area contributed by atoms with Gasteiger partial charge in [-0.25, -0.2) is 9.78 Å². The Morgan fingerprint density at radius 2 is 2.47 bits per heavy atom. The van der Waals surface area contributed by atoms with Crippen molar-refractivity contribution in [3.05, 3.63) is 10.7 Å². The molecule has 0 spiro atoms. The van der Waals surface area contributed by atoms with Crippen LogP contribution < -0.4 is 9.64 Å². The molecule has 0 radical (unpaired) electrons. The van der Waals surface area contributed by atoms with Gasteiger partial charge in [0.15, 0.2) is 0 Å². The summed E-state index contributed by atoms with van der Waals surface area (Å²) in [6.45, 7) is 0.655. The molecule has 6 nitrogen and oxygen atoms in total. The molecule has 2 rings (SSSR count). The number of aromatic nitrogens is 2. The minimum atomic E-state index is -0.840. The quantitative estimate of drug-likeness (QED) is 0.907. The number of rotatable bonds is 3. The number of carbonyl (C=O) groups is 1. The Morgan fingerprint density at radius 3 is 3.12 bits per heavy atom. The Bertz CT molecular complexity index is 441. The number of hydrogen-bond donors (Lipinski definition) is 1. The molecule has 0 amide bonds. The van der Waals surface area contributed by atoms with Crippen LogP contribution in [0, 0.1) is 0 Å². The van der Waals surface area contributed by atoms with E-state index in [9.17, 15) is 4.79 Å². The summed E-state index contributed by atoms with van der Waals surface area (Å²) >= 11 is 3.26. The van der Waals surface area contributed by atoms with E-state index in [0.717, 1.165) is 6.42 Å². The molecule has 1 aromatic rings. The summed E-state index contributed by atoms with van der Waals surface area (Å²) in [5.41, 5.74) is 0. The molecule has 1 fully saturated rings. The van der Waals surface area contributed by atoms with Crippen molar-refractivity contribution in [3.63, 3.8) is 0 Å². The van der Waals surface area contributed by atoms with Crippen molar-refractivity contribution < 1.29 is 14.6 Å². The zero-order chi connectivity index (χ0) is 12.4. The third-order valence-corrected chi connectivity index (χ3v) is 3.23. The lowest BCUT2D eigenvalue weighted by molar-refractivity contribution is -0.138. The van der Waals surface area contributed by atoms with Crippen LogP contribution in [0.1, 0.15) is 12.8 Å². The third kappa shape index (κ3) is 2.33. The molecule has 1 saturated heterocycles. The van der Waals surface area contributed by atoms with E-state index >= 15 is 0 Å². The minimum Gasteiger partial charge on any atom is -0.480 e. The largest absolute Gasteiger partial charge is 0.480 e. The van der Waals surface area contributed by atoms with Gasteiger partial charge in [-0.15, -0.1) is 0 Å². The smallest absolute Gasteiger partial charge is 0.326 e. The van der Waals surface area contributed by atoms with Crippen molar-refractivity contribution in [2.24, 2.45) is 0 Å². The summed E-state index contributed by atoms with van der Waals surface area (Å²) < 4.78 is 5.72. The van der Waals surface area contributed by atoms with Crippen LogP contribution in [-0.4, -0.2) is 40.7 Å². The second kappa shape index (κ2) is 4.87. The van der Waals surface area contributed by atoms with E-state index in [1.54, 1.807) is 11.1 Å². The SMILES string of the molecule is COc1nc(N2CCCC2C(=O)O)ncc1Br. The molecular formula is C10H12BrN3O3. The highest BCUT2D eigenvalue weighted by Gasteiger charge is 2.32. The molecule has 1 aliphatic rings. The summed E-state index contributed by atoms with van der Waals surface area (Å²) in [5.74, 6) is -0.0334. The van der Waals surface area contributed by atoms with Gasteiger partial charge >= 0.3 is 5.97 Å². The fraction of sp³-hybridized carbons (Fsp3) is 0.500. The van der Waals surface area contributed by atoms with E-state index < -0.39 is 12.0 Å². The zero-order valence-corrected chi connectivity index (χ0v) is 10.8. The number of carboxylic acids is 1. The monoisotopic (exact) mass is 301 g/mol. The Balaban J connectivity index is 2.30. The fourth-order valence-corrected chi connectivity index (χ4v) is 2.24. The maximum atomic E-state index is 11.1. The normalized spacial score (nSPS) is 19.4. The molecule has 1 atom stereocenters. The Hall–Kier alpha value is -1.37. The first-order valence-corrected chi connectivity index (χ1v) is 5.98. The third-order valence-electron chi connectivity index (χ3n) is 2.69. The standard InChI is InChI=1S/C10H12BrN3O3/c1-17-8-6(11)5-12-10(13-8)14-4-2-3-7(14)9(15)16/h5,7H,2-4H2,1H3,(H,15,16). The van der Waals surface area contributed by atoms with Gasteiger partial charge in [0.1, 0.15) is 6.04 Å². The maximum absolute atomic E-state index is 11.1. The van der Waals surface area contributed by atoms with Gasteiger partial charge in [-0.1, -0.05) is 0 Å². The number of hydrogen-bond acceptors (Lipinski definition) is 5. The summed E-state index contributed by atoms with van der Waals surface area (Å²) in [4.78, 5) is 21.1. The van der Waals surface area contributed by atoms with Crippen molar-refractivity contribution >= 4 is 27.8 Å². The number of halogens is 1. The summed E-state index contributed by atoms with van der Waals surface area (Å²) in [5, 5.41) is 9.09. The highest BCUT2D eigenvalue weighted by Crippen LogP contribution is 2.27. The van der Waals surface area contributed by atoms with Gasteiger partial charge < -0.3 is 14.7 Å². The minimum absolute atomic E-state index is 0.398. The van der Waals surface area contributed by atoms with Crippen LogP contribution in [0.25, 0.3) is 0 Å². The molecule has 1 N–H and O–H groups in total. The molecule has 0 aliphatic carbocycles. The fourth-order valence-electron chi connectivity index (χ4n) is 1.89. The van der Waals surface area contributed by atoms with Crippen LogP contribution >= 0.6 is 15.9 Å². The average Bonchev–Trinajstić information content (AvgIpc) is 2.78. The van der Waals surface area contributed by atoms with Gasteiger partial charge in [0.2, 0.25) is 11.8 Å². The van der Waals surface area contributed by atoms with Gasteiger partial charge in [-0.2, -0.15) is 4.98 Å². The van der Waals surface area contributed by atoms with E-state index in [-0.39, 0.29) is 0 Å². The number of ether oxygens (including phenoxy) is 1. The van der Waals surface area contributed by atoms with Crippen LogP contribution in [-0.2, 0) is 4.79 Å². The van der Waals surface area contributed by atoms with Gasteiger partial charge in [-0.3, -0.25) is 0 Å². The Labute approximate surface area is 107 Å². The number of anilines is 1. The number of carboxylic acid groups (broad SMARTS) is 1. The van der Waals surface area contributed by atoms with Gasteiger partial charge in [0.25, 0.3) is 0 Å². The zero-order valence-electron chi connectivity index (χ0n) is 9.26. The van der Waals surface area contributed by atoms with Crippen LogP contribution in [0.3, 0.4) is 0 Å². The molecule has 0 aromatic carbocycles. The Morgan fingerprint density at radius 1 is 1.71 bits per heavy atom. The van der Waals surface area contributed by atoms with Crippen LogP contribution in [0.4, 0.5) is 5.95 Å². The molecule has 1 unspecified atom stereocenters. The first kappa shape index (κ1) is 12.1. The van der Waals surface area contributed by atoms with E-state index in [1.165, 1.54) is 7.11 Å². The first-order valence-electron chi connectivity index (χ1n) is 5.19. The number of methoxy groups -OCH3 is 1. The van der Waals surface area contributed by atoms with Crippen LogP contribution in [0.15, 0.2) is 10.7 Å². The van der Waals surface area contributed by atoms with Crippen molar-refractivity contribution in [1.29, 1.82) is 0 Å². The molecular weight excluding hydrogens is 290 g/mol. The van der Waals surface area contributed by atoms with Gasteiger partial charge in [0, 0.05) is 6.54 Å². The van der Waals surface area contributed by atoms with E-state index in [0.29, 0.717) is 29.3 Å². The van der Waals surface area contributed by atoms with Gasteiger partial charge in [0.05, 0.1) is 17.8 Å². The Kier molecular flexibility index (Phi) is 3.46. The lowest BCUT2D eigenvalue weighted by Crippen LogP contribution is -2.37. The lowest BCUT2D eigenvalue weighted by atomic mass is 10.2. The van der Waals surface area contributed by atoms with Crippen molar-refractivity contribution in [2.75, 3.05) is 18.6 Å². The predicted molar refractivity (Wildman–Crippen MR) is 64.3 cm³/mol. The first-order chi connectivity index (χ1) is 8.13. The number of nitrogens with zero attached hydrogens (tertiary/aromatic N) is 3. The van der Waals surface area contributed by atoms with E-state index in [4.69, 9.17) is 9.84 Å². The molecule has 1 aliphatic heterocycles. The highest BCUT2D eigenvalue weighted by atomic mass is 79.9. The number of aliphatic carboxylic acids is 1. The molecule has 2 heterocycles. The van der Waals surface area contributed by atoms with E-state index in [2.05, 4.69) is 25.9 Å². The van der Waals surface area contributed by atoms with Crippen molar-refractivity contribution in [1.82, 2.24) is 9.97 Å². The molecule has 92 valence electrons. The van der Waals surface area contributed by atoms with Crippen LogP contribution in [0.5, 0.6) is 5.88 Å². The highest BCUT2D eigenvalue weighted by molar-refractivity contribution is 9.10. The summed E-state index contributed by atoms with van der Waals surface area (Å²) in [7, 11) is 1.51. The van der Waals surface area contributed by atoms with Crippen LogP contribution in [0.2, 0.25) is 0 Å². The van der Waals surface area contributed by atoms with Crippen molar-refractivity contribution in [2.45, 2.75) is 18.9 Å². The predicted octanol–water partition coefficient (Wildman–Crippen LogP) is 1.30. The summed E-state index contributed by atoms with van der Waals surface area (Å²) in [6, 6.07) is -0.541. The average molecular weight is 302 g/mol. The molecule has 0 bridgehead atoms. The topological polar surface area (TPSA) is 75.5 Å². The van der Waals surface area contributed by atoms with Crippen molar-refractivity contribution in [3.8, 4) is 5.88 Å². The lowest BCUT2D eigenvalue weighted by Gasteiger charge is -2.21. The molecule has 1 aromatic heterocycles. The second-order valence-electron chi connectivity index (χ2n) is 3.72.